The molecule has 0 unspecified atom stereocenters. The van der Waals surface area contributed by atoms with E-state index in [9.17, 15) is 14.4 Å². The van der Waals surface area contributed by atoms with Gasteiger partial charge < -0.3 is 19.7 Å². The zero-order valence-corrected chi connectivity index (χ0v) is 21.3. The maximum absolute atomic E-state index is 13.5. The molecule has 1 N–H and O–H groups in total. The van der Waals surface area contributed by atoms with Crippen molar-refractivity contribution in [3.05, 3.63) is 33.7 Å². The topological polar surface area (TPSA) is 74.6 Å². The summed E-state index contributed by atoms with van der Waals surface area (Å²) in [5.74, 6) is 0.547. The molecular weight excluding hydrogens is 440 g/mol. The number of nitrogens with one attached hydrogen (secondary N) is 1. The molecule has 0 bridgehead atoms. The molecule has 1 aromatic rings. The quantitative estimate of drug-likeness (QED) is 0.641. The van der Waals surface area contributed by atoms with E-state index < -0.39 is 5.43 Å². The van der Waals surface area contributed by atoms with Crippen molar-refractivity contribution >= 4 is 11.8 Å². The summed E-state index contributed by atoms with van der Waals surface area (Å²) in [6.45, 7) is 6.69. The molecule has 2 saturated carbocycles. The van der Waals surface area contributed by atoms with Gasteiger partial charge >= 0.3 is 0 Å². The molecule has 192 valence electrons. The van der Waals surface area contributed by atoms with Crippen LogP contribution in [0.15, 0.2) is 17.2 Å². The van der Waals surface area contributed by atoms with Crippen LogP contribution in [0.4, 0.5) is 0 Å². The Morgan fingerprint density at radius 3 is 2.20 bits per heavy atom. The van der Waals surface area contributed by atoms with Crippen LogP contribution < -0.4 is 10.7 Å². The minimum Gasteiger partial charge on any atom is -0.352 e. The van der Waals surface area contributed by atoms with Crippen molar-refractivity contribution in [1.29, 1.82) is 0 Å². The van der Waals surface area contributed by atoms with Crippen molar-refractivity contribution in [3.8, 4) is 0 Å². The highest BCUT2D eigenvalue weighted by Gasteiger charge is 2.33. The first-order valence-electron chi connectivity index (χ1n) is 14.1. The Bertz CT molecular complexity index is 965. The Hall–Kier alpha value is -2.15. The first-order valence-corrected chi connectivity index (χ1v) is 14.1. The lowest BCUT2D eigenvalue weighted by Crippen LogP contribution is -2.46. The van der Waals surface area contributed by atoms with E-state index in [1.54, 1.807) is 12.4 Å². The van der Waals surface area contributed by atoms with E-state index in [-0.39, 0.29) is 22.9 Å². The Morgan fingerprint density at radius 2 is 1.54 bits per heavy atom. The molecule has 7 heteroatoms. The third kappa shape index (κ3) is 5.65. The molecule has 5 rings (SSSR count). The van der Waals surface area contributed by atoms with Gasteiger partial charge in [-0.25, -0.2) is 0 Å². The largest absolute Gasteiger partial charge is 0.352 e. The average Bonchev–Trinajstić information content (AvgIpc) is 3.60. The minimum absolute atomic E-state index is 0.121. The number of nitrogens with zero attached hydrogens (tertiary/aromatic N) is 3. The lowest BCUT2D eigenvalue weighted by molar-refractivity contribution is 0.0622. The molecular formula is C28H42N4O3. The first kappa shape index (κ1) is 24.5. The monoisotopic (exact) mass is 482 g/mol. The van der Waals surface area contributed by atoms with E-state index in [2.05, 4.69) is 17.1 Å². The summed E-state index contributed by atoms with van der Waals surface area (Å²) in [6, 6.07) is 0.845. The van der Waals surface area contributed by atoms with Crippen LogP contribution in [-0.4, -0.2) is 64.9 Å². The molecule has 0 radical (unpaired) electrons. The highest BCUT2D eigenvalue weighted by Crippen LogP contribution is 2.35. The molecule has 1 aromatic heterocycles. The molecule has 35 heavy (non-hydrogen) atoms. The molecule has 0 spiro atoms. The van der Waals surface area contributed by atoms with Crippen molar-refractivity contribution in [2.45, 2.75) is 89.6 Å². The molecule has 4 fully saturated rings. The highest BCUT2D eigenvalue weighted by molar-refractivity contribution is 5.99. The van der Waals surface area contributed by atoms with Crippen LogP contribution in [0.25, 0.3) is 0 Å². The van der Waals surface area contributed by atoms with Crippen LogP contribution in [-0.2, 0) is 0 Å². The van der Waals surface area contributed by atoms with Gasteiger partial charge in [-0.2, -0.15) is 0 Å². The van der Waals surface area contributed by atoms with Crippen molar-refractivity contribution in [2.24, 2.45) is 11.8 Å². The molecule has 4 aliphatic rings. The smallest absolute Gasteiger partial charge is 0.259 e. The predicted octanol–water partition coefficient (Wildman–Crippen LogP) is 3.83. The van der Waals surface area contributed by atoms with E-state index >= 15 is 0 Å². The minimum atomic E-state index is -0.416. The predicted molar refractivity (Wildman–Crippen MR) is 137 cm³/mol. The van der Waals surface area contributed by atoms with Gasteiger partial charge in [-0.15, -0.1) is 0 Å². The number of hydrogen-bond acceptors (Lipinski definition) is 4. The Morgan fingerprint density at radius 1 is 0.886 bits per heavy atom. The lowest BCUT2D eigenvalue weighted by Gasteiger charge is -2.38. The highest BCUT2D eigenvalue weighted by atomic mass is 16.2. The molecule has 2 aliphatic heterocycles. The van der Waals surface area contributed by atoms with Crippen molar-refractivity contribution < 1.29 is 9.59 Å². The van der Waals surface area contributed by atoms with E-state index in [0.29, 0.717) is 43.6 Å². The Balaban J connectivity index is 1.27. The van der Waals surface area contributed by atoms with E-state index in [0.717, 1.165) is 38.5 Å². The fraction of sp³-hybridized carbons (Fsp3) is 0.750. The van der Waals surface area contributed by atoms with Crippen molar-refractivity contribution in [2.75, 3.05) is 32.7 Å². The maximum Gasteiger partial charge on any atom is 0.259 e. The molecule has 3 heterocycles. The Labute approximate surface area is 209 Å². The van der Waals surface area contributed by atoms with Crippen LogP contribution in [0.3, 0.4) is 0 Å². The molecule has 7 nitrogen and oxygen atoms in total. The number of amides is 2. The van der Waals surface area contributed by atoms with Gasteiger partial charge in [-0.05, 0) is 83.2 Å². The fourth-order valence-corrected chi connectivity index (χ4v) is 6.42. The second-order valence-electron chi connectivity index (χ2n) is 11.4. The van der Waals surface area contributed by atoms with Crippen LogP contribution in [0.2, 0.25) is 0 Å². The van der Waals surface area contributed by atoms with Crippen LogP contribution in [0.5, 0.6) is 0 Å². The van der Waals surface area contributed by atoms with Crippen LogP contribution in [0, 0.1) is 11.8 Å². The van der Waals surface area contributed by atoms with Gasteiger partial charge in [-0.3, -0.25) is 14.4 Å². The Kier molecular flexibility index (Phi) is 7.61. The van der Waals surface area contributed by atoms with Gasteiger partial charge in [0.1, 0.15) is 11.1 Å². The summed E-state index contributed by atoms with van der Waals surface area (Å²) < 4.78 is 1.94. The van der Waals surface area contributed by atoms with Crippen LogP contribution >= 0.6 is 0 Å². The molecule has 2 amide bonds. The van der Waals surface area contributed by atoms with E-state index in [4.69, 9.17) is 0 Å². The summed E-state index contributed by atoms with van der Waals surface area (Å²) in [5.41, 5.74) is -0.134. The molecule has 2 aliphatic carbocycles. The zero-order valence-electron chi connectivity index (χ0n) is 21.3. The summed E-state index contributed by atoms with van der Waals surface area (Å²) in [5, 5.41) is 3.00. The number of carbonyl (C=O) groups is 2. The summed E-state index contributed by atoms with van der Waals surface area (Å²) in [4.78, 5) is 44.3. The number of hydrogen-bond donors (Lipinski definition) is 1. The number of piperidine rings is 1. The second-order valence-corrected chi connectivity index (χ2v) is 11.4. The van der Waals surface area contributed by atoms with Gasteiger partial charge in [-0.1, -0.05) is 19.3 Å². The summed E-state index contributed by atoms with van der Waals surface area (Å²) >= 11 is 0. The number of carbonyl (C=O) groups excluding carboxylic acids is 2. The van der Waals surface area contributed by atoms with Gasteiger partial charge in [0.05, 0.1) is 0 Å². The molecule has 2 saturated heterocycles. The summed E-state index contributed by atoms with van der Waals surface area (Å²) in [6.07, 6.45) is 15.9. The van der Waals surface area contributed by atoms with Gasteiger partial charge in [0.25, 0.3) is 11.8 Å². The van der Waals surface area contributed by atoms with Gasteiger partial charge in [0, 0.05) is 44.1 Å². The standard InChI is InChI=1S/C28H42N4O3/c1-20(30-13-5-6-14-30)22-11-15-31(16-12-22)28(35)25-19-32(23-9-10-23)18-24(26(25)33)27(34)29-17-21-7-3-2-4-8-21/h18-23H,2-17H2,1H3,(H,29,34)/t20-/m0/s1. The van der Waals surface area contributed by atoms with E-state index in [1.807, 2.05) is 9.47 Å². The number of pyridine rings is 1. The zero-order chi connectivity index (χ0) is 24.4. The fourth-order valence-electron chi connectivity index (χ4n) is 6.42. The van der Waals surface area contributed by atoms with Crippen LogP contribution in [0.1, 0.15) is 104 Å². The van der Waals surface area contributed by atoms with Crippen molar-refractivity contribution in [1.82, 2.24) is 19.7 Å². The van der Waals surface area contributed by atoms with E-state index in [1.165, 1.54) is 45.2 Å². The average molecular weight is 483 g/mol. The second kappa shape index (κ2) is 10.9. The van der Waals surface area contributed by atoms with Crippen molar-refractivity contribution in [3.63, 3.8) is 0 Å². The van der Waals surface area contributed by atoms with Gasteiger partial charge in [0.2, 0.25) is 5.43 Å². The molecule has 1 atom stereocenters. The third-order valence-electron chi connectivity index (χ3n) is 8.99. The SMILES string of the molecule is C[C@@H](C1CCN(C(=O)c2cn(C3CC3)cc(C(=O)NCC3CCCCC3)c2=O)CC1)N1CCCC1. The first-order chi connectivity index (χ1) is 17.0. The lowest BCUT2D eigenvalue weighted by atomic mass is 9.89. The number of rotatable bonds is 7. The molecule has 0 aromatic carbocycles. The number of likely N-dealkylation sites (tertiary alicyclic amines) is 2. The van der Waals surface area contributed by atoms with Gasteiger partial charge in [0.15, 0.2) is 0 Å². The normalized spacial score (nSPS) is 23.4. The number of aromatic nitrogens is 1. The summed E-state index contributed by atoms with van der Waals surface area (Å²) in [7, 11) is 0. The maximum atomic E-state index is 13.5. The third-order valence-corrected chi connectivity index (χ3v) is 8.99.